The molecule has 0 bridgehead atoms. The van der Waals surface area contributed by atoms with Crippen LogP contribution in [-0.4, -0.2) is 27.0 Å². The Hall–Kier alpha value is -2.32. The van der Waals surface area contributed by atoms with Crippen molar-refractivity contribution in [1.29, 1.82) is 0 Å². The molecule has 1 aliphatic rings. The fourth-order valence-corrected chi connectivity index (χ4v) is 5.67. The third-order valence-electron chi connectivity index (χ3n) is 6.47. The highest BCUT2D eigenvalue weighted by atomic mass is 32.2. The molecule has 0 fully saturated rings. The van der Waals surface area contributed by atoms with Crippen LogP contribution in [-0.2, 0) is 23.1 Å². The average Bonchev–Trinajstić information content (AvgIpc) is 2.80. The summed E-state index contributed by atoms with van der Waals surface area (Å²) in [5.41, 5.74) is 5.56. The zero-order valence-electron chi connectivity index (χ0n) is 18.8. The molecule has 164 valence electrons. The van der Waals surface area contributed by atoms with Gasteiger partial charge >= 0.3 is 5.97 Å². The molecule has 5 heteroatoms. The molecule has 31 heavy (non-hydrogen) atoms. The number of hydrogen-bond donors (Lipinski definition) is 1. The second-order valence-corrected chi connectivity index (χ2v) is 9.34. The van der Waals surface area contributed by atoms with E-state index in [4.69, 9.17) is 5.11 Å². The van der Waals surface area contributed by atoms with Crippen molar-refractivity contribution in [2.24, 2.45) is 0 Å². The molecule has 1 N–H and O–H groups in total. The van der Waals surface area contributed by atoms with E-state index in [1.807, 2.05) is 17.8 Å². The van der Waals surface area contributed by atoms with E-state index in [1.54, 1.807) is 0 Å². The van der Waals surface area contributed by atoms with Gasteiger partial charge in [0.15, 0.2) is 0 Å². The first-order valence-electron chi connectivity index (χ1n) is 11.4. The number of hydrogen-bond acceptors (Lipinski definition) is 4. The number of carboxylic acids is 1. The average molecular weight is 437 g/mol. The second kappa shape index (κ2) is 10.8. The minimum absolute atomic E-state index is 0.203. The quantitative estimate of drug-likeness (QED) is 0.419. The minimum atomic E-state index is -0.747. The van der Waals surface area contributed by atoms with E-state index < -0.39 is 5.97 Å². The molecule has 4 nitrogen and oxygen atoms in total. The Balaban J connectivity index is 1.78. The van der Waals surface area contributed by atoms with Crippen molar-refractivity contribution in [1.82, 2.24) is 10.2 Å². The highest BCUT2D eigenvalue weighted by molar-refractivity contribution is 7.99. The van der Waals surface area contributed by atoms with Crippen LogP contribution in [0.2, 0.25) is 0 Å². The SMILES string of the molecule is CCc1cc(C#Cc2ccc3c(c2)C(CC)(CC)CCS3)nnc1CCCCC(=O)O. The lowest BCUT2D eigenvalue weighted by molar-refractivity contribution is -0.137. The molecular weight excluding hydrogens is 404 g/mol. The Morgan fingerprint density at radius 2 is 1.94 bits per heavy atom. The number of aromatic nitrogens is 2. The number of aliphatic carboxylic acids is 1. The first kappa shape index (κ1) is 23.3. The lowest BCUT2D eigenvalue weighted by Crippen LogP contribution is -2.28. The van der Waals surface area contributed by atoms with Crippen LogP contribution in [0.4, 0.5) is 0 Å². The summed E-state index contributed by atoms with van der Waals surface area (Å²) >= 11 is 1.96. The van der Waals surface area contributed by atoms with Crippen LogP contribution in [0.1, 0.15) is 87.4 Å². The van der Waals surface area contributed by atoms with Crippen LogP contribution in [0.5, 0.6) is 0 Å². The van der Waals surface area contributed by atoms with Gasteiger partial charge in [-0.2, -0.15) is 5.10 Å². The second-order valence-electron chi connectivity index (χ2n) is 8.20. The fourth-order valence-electron chi connectivity index (χ4n) is 4.36. The third kappa shape index (κ3) is 5.68. The van der Waals surface area contributed by atoms with Gasteiger partial charge in [-0.25, -0.2) is 0 Å². The molecule has 0 saturated carbocycles. The number of carboxylic acid groups (broad SMARTS) is 1. The van der Waals surface area contributed by atoms with E-state index in [-0.39, 0.29) is 11.8 Å². The Morgan fingerprint density at radius 1 is 1.13 bits per heavy atom. The summed E-state index contributed by atoms with van der Waals surface area (Å²) in [7, 11) is 0. The zero-order chi connectivity index (χ0) is 22.3. The lowest BCUT2D eigenvalue weighted by Gasteiger charge is -2.37. The first-order chi connectivity index (χ1) is 15.0. The Labute approximate surface area is 190 Å². The van der Waals surface area contributed by atoms with Crippen molar-refractivity contribution in [3.8, 4) is 11.8 Å². The molecule has 2 heterocycles. The standard InChI is InChI=1S/C26H32N2O2S/c1-4-20-18-21(27-28-23(20)9-7-8-10-25(29)30)13-11-19-12-14-24-22(17-19)26(5-2,6-3)15-16-31-24/h12,14,17-18H,4-10,15-16H2,1-3H3,(H,29,30). The van der Waals surface area contributed by atoms with Crippen LogP contribution in [0.3, 0.4) is 0 Å². The Kier molecular flexibility index (Phi) is 8.15. The van der Waals surface area contributed by atoms with Gasteiger partial charge in [-0.1, -0.05) is 26.7 Å². The van der Waals surface area contributed by atoms with Crippen molar-refractivity contribution in [2.45, 2.75) is 82.4 Å². The summed E-state index contributed by atoms with van der Waals surface area (Å²) in [4.78, 5) is 12.1. The molecule has 1 aliphatic heterocycles. The summed E-state index contributed by atoms with van der Waals surface area (Å²) in [6.07, 6.45) is 6.85. The molecule has 0 atom stereocenters. The van der Waals surface area contributed by atoms with Gasteiger partial charge in [0.1, 0.15) is 5.69 Å². The Morgan fingerprint density at radius 3 is 2.65 bits per heavy atom. The summed E-state index contributed by atoms with van der Waals surface area (Å²) in [5.74, 6) is 6.96. The highest BCUT2D eigenvalue weighted by Crippen LogP contribution is 2.46. The van der Waals surface area contributed by atoms with Crippen LogP contribution >= 0.6 is 11.8 Å². The van der Waals surface area contributed by atoms with E-state index in [0.717, 1.165) is 48.9 Å². The zero-order valence-corrected chi connectivity index (χ0v) is 19.6. The van der Waals surface area contributed by atoms with Crippen molar-refractivity contribution in [3.63, 3.8) is 0 Å². The largest absolute Gasteiger partial charge is 0.481 e. The van der Waals surface area contributed by atoms with Crippen molar-refractivity contribution < 1.29 is 9.90 Å². The van der Waals surface area contributed by atoms with Gasteiger partial charge in [0, 0.05) is 16.9 Å². The van der Waals surface area contributed by atoms with E-state index in [2.05, 4.69) is 61.0 Å². The number of nitrogens with zero attached hydrogens (tertiary/aromatic N) is 2. The van der Waals surface area contributed by atoms with Crippen LogP contribution in [0, 0.1) is 11.8 Å². The van der Waals surface area contributed by atoms with E-state index in [1.165, 1.54) is 22.6 Å². The van der Waals surface area contributed by atoms with E-state index in [9.17, 15) is 4.79 Å². The highest BCUT2D eigenvalue weighted by Gasteiger charge is 2.33. The molecule has 0 aliphatic carbocycles. The topological polar surface area (TPSA) is 63.1 Å². The van der Waals surface area contributed by atoms with Gasteiger partial charge in [-0.3, -0.25) is 4.79 Å². The number of thioether (sulfide) groups is 1. The fraction of sp³-hybridized carbons (Fsp3) is 0.500. The molecule has 0 saturated heterocycles. The van der Waals surface area contributed by atoms with Crippen LogP contribution in [0.15, 0.2) is 29.2 Å². The van der Waals surface area contributed by atoms with Gasteiger partial charge in [-0.15, -0.1) is 16.9 Å². The molecule has 1 aromatic carbocycles. The molecule has 2 aromatic rings. The van der Waals surface area contributed by atoms with Crippen molar-refractivity contribution >= 4 is 17.7 Å². The normalized spacial score (nSPS) is 14.4. The maximum Gasteiger partial charge on any atom is 0.303 e. The molecular formula is C26H32N2O2S. The summed E-state index contributed by atoms with van der Waals surface area (Å²) in [6, 6.07) is 8.66. The minimum Gasteiger partial charge on any atom is -0.481 e. The number of benzene rings is 1. The third-order valence-corrected chi connectivity index (χ3v) is 7.55. The monoisotopic (exact) mass is 436 g/mol. The van der Waals surface area contributed by atoms with Crippen molar-refractivity contribution in [2.75, 3.05) is 5.75 Å². The smallest absolute Gasteiger partial charge is 0.303 e. The van der Waals surface area contributed by atoms with Gasteiger partial charge in [0.2, 0.25) is 0 Å². The maximum absolute atomic E-state index is 10.7. The summed E-state index contributed by atoms with van der Waals surface area (Å²) in [6.45, 7) is 6.70. The Bertz CT molecular complexity index is 987. The van der Waals surface area contributed by atoms with Gasteiger partial charge in [0.05, 0.1) is 5.69 Å². The lowest BCUT2D eigenvalue weighted by atomic mass is 9.73. The molecule has 0 unspecified atom stereocenters. The van der Waals surface area contributed by atoms with Crippen molar-refractivity contribution in [3.05, 3.63) is 52.3 Å². The summed E-state index contributed by atoms with van der Waals surface area (Å²) < 4.78 is 0. The van der Waals surface area contributed by atoms with Crippen LogP contribution < -0.4 is 0 Å². The molecule has 3 rings (SSSR count). The number of fused-ring (bicyclic) bond motifs is 1. The molecule has 0 spiro atoms. The predicted molar refractivity (Wildman–Crippen MR) is 127 cm³/mol. The van der Waals surface area contributed by atoms with E-state index >= 15 is 0 Å². The molecule has 0 radical (unpaired) electrons. The van der Waals surface area contributed by atoms with Gasteiger partial charge < -0.3 is 5.11 Å². The first-order valence-corrected chi connectivity index (χ1v) is 12.4. The van der Waals surface area contributed by atoms with Gasteiger partial charge in [0.25, 0.3) is 0 Å². The number of rotatable bonds is 8. The van der Waals surface area contributed by atoms with Gasteiger partial charge in [-0.05, 0) is 97.4 Å². The van der Waals surface area contributed by atoms with Crippen LogP contribution in [0.25, 0.3) is 0 Å². The number of aryl methyl sites for hydroxylation is 2. The number of carbonyl (C=O) groups is 1. The molecule has 0 amide bonds. The molecule has 1 aromatic heterocycles. The number of unbranched alkanes of at least 4 members (excludes halogenated alkanes) is 1. The van der Waals surface area contributed by atoms with E-state index in [0.29, 0.717) is 12.1 Å². The maximum atomic E-state index is 10.7. The summed E-state index contributed by atoms with van der Waals surface area (Å²) in [5, 5.41) is 17.5. The predicted octanol–water partition coefficient (Wildman–Crippen LogP) is 5.79.